The Kier molecular flexibility index (Phi) is 3.09. The Labute approximate surface area is 120 Å². The maximum atomic E-state index is 4.42. The molecule has 0 bridgehead atoms. The summed E-state index contributed by atoms with van der Waals surface area (Å²) in [4.78, 5) is 12.8. The van der Waals surface area contributed by atoms with Gasteiger partial charge in [-0.3, -0.25) is 0 Å². The van der Waals surface area contributed by atoms with Crippen LogP contribution in [-0.2, 0) is 12.1 Å². The average Bonchev–Trinajstić information content (AvgIpc) is 3.08. The van der Waals surface area contributed by atoms with Gasteiger partial charge in [-0.1, -0.05) is 0 Å². The first kappa shape index (κ1) is 12.9. The molecule has 0 radical (unpaired) electrons. The van der Waals surface area contributed by atoms with Gasteiger partial charge in [0.2, 0.25) is 5.82 Å². The Morgan fingerprint density at radius 2 is 2.05 bits per heavy atom. The predicted molar refractivity (Wildman–Crippen MR) is 75.3 cm³/mol. The molecule has 3 aromatic rings. The zero-order valence-electron chi connectivity index (χ0n) is 11.6. The van der Waals surface area contributed by atoms with Crippen LogP contribution in [0.4, 0.5) is 0 Å². The van der Waals surface area contributed by atoms with Crippen LogP contribution in [0.15, 0.2) is 24.2 Å². The van der Waals surface area contributed by atoms with Gasteiger partial charge >= 0.3 is 0 Å². The average molecular weight is 289 g/mol. The minimum atomic E-state index is -0.107. The molecule has 0 spiro atoms. The van der Waals surface area contributed by atoms with Crippen LogP contribution < -0.4 is 0 Å². The van der Waals surface area contributed by atoms with E-state index in [2.05, 4.69) is 45.9 Å². The minimum absolute atomic E-state index is 0.107. The van der Waals surface area contributed by atoms with Gasteiger partial charge in [0.1, 0.15) is 25.0 Å². The second kappa shape index (κ2) is 4.78. The summed E-state index contributed by atoms with van der Waals surface area (Å²) < 4.78 is 3.65. The Balaban J connectivity index is 1.84. The zero-order chi connectivity index (χ0) is 14.2. The lowest BCUT2D eigenvalue weighted by molar-refractivity contribution is 0.337. The first-order valence-electron chi connectivity index (χ1n) is 6.23. The highest BCUT2D eigenvalue weighted by Gasteiger charge is 2.19. The second-order valence-corrected chi connectivity index (χ2v) is 6.26. The van der Waals surface area contributed by atoms with Gasteiger partial charge in [-0.05, 0) is 20.8 Å². The van der Waals surface area contributed by atoms with Crippen LogP contribution in [-0.4, -0.2) is 34.5 Å². The Morgan fingerprint density at radius 1 is 1.20 bits per heavy atom. The molecule has 3 aromatic heterocycles. The fourth-order valence-electron chi connectivity index (χ4n) is 1.88. The molecule has 8 heteroatoms. The SMILES string of the molecule is CC(C)(C)n1ncnc1Cn1cnc(-c2nccs2)n1. The van der Waals surface area contributed by atoms with E-state index in [1.165, 1.54) is 11.3 Å². The Hall–Kier alpha value is -2.09. The molecule has 0 saturated heterocycles. The van der Waals surface area contributed by atoms with E-state index < -0.39 is 0 Å². The van der Waals surface area contributed by atoms with Crippen molar-refractivity contribution in [2.75, 3.05) is 0 Å². The molecule has 0 atom stereocenters. The third-order valence-corrected chi connectivity index (χ3v) is 3.49. The quantitative estimate of drug-likeness (QED) is 0.735. The topological polar surface area (TPSA) is 74.3 Å². The Morgan fingerprint density at radius 3 is 2.75 bits per heavy atom. The molecule has 0 aliphatic rings. The standard InChI is InChI=1S/C12H15N7S/c1-12(2,3)19-9(14-7-16-19)6-18-8-15-10(17-18)11-13-4-5-20-11/h4-5,7-8H,6H2,1-3H3. The summed E-state index contributed by atoms with van der Waals surface area (Å²) in [5, 5.41) is 11.4. The lowest BCUT2D eigenvalue weighted by atomic mass is 10.1. The van der Waals surface area contributed by atoms with Crippen molar-refractivity contribution in [3.8, 4) is 10.8 Å². The summed E-state index contributed by atoms with van der Waals surface area (Å²) in [7, 11) is 0. The Bertz CT molecular complexity index is 690. The molecule has 0 aliphatic heterocycles. The molecule has 3 heterocycles. The van der Waals surface area contributed by atoms with Crippen LogP contribution in [0, 0.1) is 0 Å². The van der Waals surface area contributed by atoms with Crippen molar-refractivity contribution in [2.45, 2.75) is 32.9 Å². The lowest BCUT2D eigenvalue weighted by Crippen LogP contribution is -2.26. The molecular weight excluding hydrogens is 274 g/mol. The molecule has 0 aromatic carbocycles. The van der Waals surface area contributed by atoms with Crippen LogP contribution in [0.5, 0.6) is 0 Å². The number of aromatic nitrogens is 7. The molecule has 104 valence electrons. The van der Waals surface area contributed by atoms with Gasteiger partial charge in [0.15, 0.2) is 5.01 Å². The number of nitrogens with zero attached hydrogens (tertiary/aromatic N) is 7. The van der Waals surface area contributed by atoms with Crippen molar-refractivity contribution in [3.05, 3.63) is 30.1 Å². The smallest absolute Gasteiger partial charge is 0.210 e. The van der Waals surface area contributed by atoms with E-state index >= 15 is 0 Å². The summed E-state index contributed by atoms with van der Waals surface area (Å²) >= 11 is 1.52. The van der Waals surface area contributed by atoms with Crippen molar-refractivity contribution in [3.63, 3.8) is 0 Å². The summed E-state index contributed by atoms with van der Waals surface area (Å²) in [5.41, 5.74) is -0.107. The van der Waals surface area contributed by atoms with Crippen LogP contribution in [0.1, 0.15) is 26.6 Å². The van der Waals surface area contributed by atoms with Gasteiger partial charge in [-0.25, -0.2) is 24.3 Å². The van der Waals surface area contributed by atoms with Crippen LogP contribution >= 0.6 is 11.3 Å². The minimum Gasteiger partial charge on any atom is -0.245 e. The maximum Gasteiger partial charge on any atom is 0.210 e. The van der Waals surface area contributed by atoms with Gasteiger partial charge in [0, 0.05) is 11.6 Å². The van der Waals surface area contributed by atoms with Gasteiger partial charge in [0.25, 0.3) is 0 Å². The van der Waals surface area contributed by atoms with E-state index in [1.54, 1.807) is 23.5 Å². The fourth-order valence-corrected chi connectivity index (χ4v) is 2.45. The molecule has 20 heavy (non-hydrogen) atoms. The first-order valence-corrected chi connectivity index (χ1v) is 7.11. The van der Waals surface area contributed by atoms with Gasteiger partial charge in [-0.15, -0.1) is 16.4 Å². The summed E-state index contributed by atoms with van der Waals surface area (Å²) in [5.74, 6) is 1.50. The molecule has 3 rings (SSSR count). The van der Waals surface area contributed by atoms with E-state index in [1.807, 2.05) is 10.1 Å². The fraction of sp³-hybridized carbons (Fsp3) is 0.417. The van der Waals surface area contributed by atoms with Crippen LogP contribution in [0.25, 0.3) is 10.8 Å². The maximum absolute atomic E-state index is 4.42. The lowest BCUT2D eigenvalue weighted by Gasteiger charge is -2.20. The number of hydrogen-bond donors (Lipinski definition) is 0. The highest BCUT2D eigenvalue weighted by Crippen LogP contribution is 2.17. The van der Waals surface area contributed by atoms with E-state index in [9.17, 15) is 0 Å². The normalized spacial score (nSPS) is 11.9. The predicted octanol–water partition coefficient (Wildman–Crippen LogP) is 1.80. The van der Waals surface area contributed by atoms with Crippen molar-refractivity contribution in [1.82, 2.24) is 34.5 Å². The molecule has 0 amide bonds. The number of thiazole rings is 1. The van der Waals surface area contributed by atoms with E-state index in [-0.39, 0.29) is 5.54 Å². The zero-order valence-corrected chi connectivity index (χ0v) is 12.4. The monoisotopic (exact) mass is 289 g/mol. The molecular formula is C12H15N7S. The molecule has 0 fully saturated rings. The summed E-state index contributed by atoms with van der Waals surface area (Å²) in [6.07, 6.45) is 5.01. The summed E-state index contributed by atoms with van der Waals surface area (Å²) in [6, 6.07) is 0. The van der Waals surface area contributed by atoms with Gasteiger partial charge < -0.3 is 0 Å². The molecule has 0 unspecified atom stereocenters. The van der Waals surface area contributed by atoms with Gasteiger partial charge in [0.05, 0.1) is 5.54 Å². The van der Waals surface area contributed by atoms with E-state index in [4.69, 9.17) is 0 Å². The van der Waals surface area contributed by atoms with Crippen molar-refractivity contribution >= 4 is 11.3 Å². The van der Waals surface area contributed by atoms with Crippen LogP contribution in [0.2, 0.25) is 0 Å². The van der Waals surface area contributed by atoms with Crippen molar-refractivity contribution in [2.24, 2.45) is 0 Å². The number of rotatable bonds is 3. The molecule has 7 nitrogen and oxygen atoms in total. The van der Waals surface area contributed by atoms with Crippen molar-refractivity contribution < 1.29 is 0 Å². The highest BCUT2D eigenvalue weighted by molar-refractivity contribution is 7.12. The van der Waals surface area contributed by atoms with E-state index in [0.717, 1.165) is 10.8 Å². The third-order valence-electron chi connectivity index (χ3n) is 2.72. The van der Waals surface area contributed by atoms with Crippen LogP contribution in [0.3, 0.4) is 0 Å². The molecule has 0 saturated carbocycles. The van der Waals surface area contributed by atoms with Crippen molar-refractivity contribution in [1.29, 1.82) is 0 Å². The highest BCUT2D eigenvalue weighted by atomic mass is 32.1. The molecule has 0 N–H and O–H groups in total. The summed E-state index contributed by atoms with van der Waals surface area (Å²) in [6.45, 7) is 6.81. The van der Waals surface area contributed by atoms with E-state index in [0.29, 0.717) is 12.4 Å². The molecule has 0 aliphatic carbocycles. The third kappa shape index (κ3) is 2.46. The second-order valence-electron chi connectivity index (χ2n) is 5.36. The van der Waals surface area contributed by atoms with Gasteiger partial charge in [-0.2, -0.15) is 5.10 Å². The largest absolute Gasteiger partial charge is 0.245 e. The number of hydrogen-bond acceptors (Lipinski definition) is 6. The first-order chi connectivity index (χ1) is 9.54.